The third-order valence-electron chi connectivity index (χ3n) is 5.13. The number of rotatable bonds is 9. The van der Waals surface area contributed by atoms with E-state index in [1.54, 1.807) is 9.80 Å². The number of likely N-dealkylation sites (tertiary alicyclic amines) is 1. The first-order valence-electron chi connectivity index (χ1n) is 9.89. The van der Waals surface area contributed by atoms with Gasteiger partial charge in [-0.05, 0) is 17.5 Å². The Kier molecular flexibility index (Phi) is 7.00. The zero-order valence-electron chi connectivity index (χ0n) is 16.4. The van der Waals surface area contributed by atoms with Gasteiger partial charge in [0.15, 0.2) is 0 Å². The Morgan fingerprint density at radius 2 is 1.62 bits per heavy atom. The number of carboxylic acids is 1. The molecule has 6 heteroatoms. The van der Waals surface area contributed by atoms with E-state index in [1.165, 1.54) is 0 Å². The molecule has 0 spiro atoms. The van der Waals surface area contributed by atoms with Crippen LogP contribution in [0.15, 0.2) is 60.7 Å². The van der Waals surface area contributed by atoms with Gasteiger partial charge >= 0.3 is 5.97 Å². The van der Waals surface area contributed by atoms with Crippen LogP contribution in [0, 0.1) is 5.92 Å². The van der Waals surface area contributed by atoms with E-state index in [0.717, 1.165) is 11.1 Å². The van der Waals surface area contributed by atoms with Gasteiger partial charge in [-0.2, -0.15) is 0 Å². The van der Waals surface area contributed by atoms with Gasteiger partial charge in [-0.15, -0.1) is 0 Å². The second-order valence-corrected chi connectivity index (χ2v) is 7.40. The van der Waals surface area contributed by atoms with Crippen molar-refractivity contribution < 1.29 is 19.5 Å². The predicted octanol–water partition coefficient (Wildman–Crippen LogP) is 2.93. The highest BCUT2D eigenvalue weighted by molar-refractivity contribution is 5.89. The summed E-state index contributed by atoms with van der Waals surface area (Å²) in [6.07, 6.45) is 0.612. The molecule has 0 aliphatic carbocycles. The Labute approximate surface area is 170 Å². The molecule has 0 radical (unpaired) electrons. The van der Waals surface area contributed by atoms with Crippen molar-refractivity contribution in [2.75, 3.05) is 13.1 Å². The largest absolute Gasteiger partial charge is 0.481 e. The molecule has 1 unspecified atom stereocenters. The summed E-state index contributed by atoms with van der Waals surface area (Å²) in [7, 11) is 0. The van der Waals surface area contributed by atoms with Gasteiger partial charge in [-0.3, -0.25) is 14.4 Å². The number of nitrogens with zero attached hydrogens (tertiary/aromatic N) is 2. The maximum atomic E-state index is 13.2. The van der Waals surface area contributed by atoms with E-state index in [9.17, 15) is 14.4 Å². The van der Waals surface area contributed by atoms with E-state index >= 15 is 0 Å². The predicted molar refractivity (Wildman–Crippen MR) is 109 cm³/mol. The lowest BCUT2D eigenvalue weighted by Crippen LogP contribution is -2.37. The average molecular weight is 394 g/mol. The first-order chi connectivity index (χ1) is 14.0. The molecule has 2 aromatic carbocycles. The number of hydrogen-bond acceptors (Lipinski definition) is 3. The van der Waals surface area contributed by atoms with Gasteiger partial charge < -0.3 is 14.9 Å². The van der Waals surface area contributed by atoms with Crippen LogP contribution in [0.4, 0.5) is 0 Å². The summed E-state index contributed by atoms with van der Waals surface area (Å²) in [5, 5.41) is 8.92. The van der Waals surface area contributed by atoms with Crippen LogP contribution in [-0.4, -0.2) is 45.8 Å². The van der Waals surface area contributed by atoms with E-state index in [-0.39, 0.29) is 30.6 Å². The molecule has 1 N–H and O–H groups in total. The van der Waals surface area contributed by atoms with Crippen LogP contribution in [0.25, 0.3) is 0 Å². The highest BCUT2D eigenvalue weighted by Crippen LogP contribution is 2.23. The molecule has 0 bridgehead atoms. The van der Waals surface area contributed by atoms with E-state index in [1.807, 2.05) is 60.7 Å². The molecule has 6 nitrogen and oxygen atoms in total. The minimum absolute atomic E-state index is 0.0162. The molecule has 2 aromatic rings. The highest BCUT2D eigenvalue weighted by Gasteiger charge is 2.36. The second kappa shape index (κ2) is 9.87. The third kappa shape index (κ3) is 5.91. The zero-order chi connectivity index (χ0) is 20.6. The van der Waals surface area contributed by atoms with Crippen molar-refractivity contribution in [3.8, 4) is 0 Å². The zero-order valence-corrected chi connectivity index (χ0v) is 16.4. The van der Waals surface area contributed by atoms with Gasteiger partial charge in [0, 0.05) is 39.0 Å². The number of aliphatic carboxylic acids is 1. The van der Waals surface area contributed by atoms with Gasteiger partial charge in [0.1, 0.15) is 0 Å². The van der Waals surface area contributed by atoms with Crippen LogP contribution in [0.5, 0.6) is 0 Å². The average Bonchev–Trinajstić information content (AvgIpc) is 3.08. The number of hydrogen-bond donors (Lipinski definition) is 1. The summed E-state index contributed by atoms with van der Waals surface area (Å²) < 4.78 is 0. The monoisotopic (exact) mass is 394 g/mol. The standard InChI is InChI=1S/C23H26N2O4/c26-21-14-20(17-25(21)16-19-10-5-2-6-11-19)23(29)24(13-7-12-22(27)28)15-18-8-3-1-4-9-18/h1-6,8-11,20H,7,12-17H2,(H,27,28). The molecule has 1 aliphatic heterocycles. The molecule has 1 saturated heterocycles. The summed E-state index contributed by atoms with van der Waals surface area (Å²) in [5.74, 6) is -1.36. The SMILES string of the molecule is O=C(O)CCCN(Cc1ccccc1)C(=O)C1CC(=O)N(Cc2ccccc2)C1. The summed E-state index contributed by atoms with van der Waals surface area (Å²) in [5.41, 5.74) is 2.03. The number of amides is 2. The topological polar surface area (TPSA) is 77.9 Å². The van der Waals surface area contributed by atoms with E-state index in [4.69, 9.17) is 5.11 Å². The van der Waals surface area contributed by atoms with Crippen LogP contribution in [0.1, 0.15) is 30.4 Å². The summed E-state index contributed by atoms with van der Waals surface area (Å²) in [6, 6.07) is 19.4. The number of benzene rings is 2. The molecule has 3 rings (SSSR count). The van der Waals surface area contributed by atoms with Gasteiger partial charge in [0.2, 0.25) is 11.8 Å². The highest BCUT2D eigenvalue weighted by atomic mass is 16.4. The molecule has 2 amide bonds. The molecule has 1 atom stereocenters. The van der Waals surface area contributed by atoms with Crippen LogP contribution in [0.3, 0.4) is 0 Å². The van der Waals surface area contributed by atoms with E-state index in [0.29, 0.717) is 32.6 Å². The molecule has 1 heterocycles. The number of carbonyl (C=O) groups is 3. The van der Waals surface area contributed by atoms with Gasteiger partial charge in [0.25, 0.3) is 0 Å². The second-order valence-electron chi connectivity index (χ2n) is 7.40. The summed E-state index contributed by atoms with van der Waals surface area (Å²) in [6.45, 7) is 1.68. The van der Waals surface area contributed by atoms with E-state index in [2.05, 4.69) is 0 Å². The Morgan fingerprint density at radius 3 is 2.24 bits per heavy atom. The third-order valence-corrected chi connectivity index (χ3v) is 5.13. The Balaban J connectivity index is 1.65. The summed E-state index contributed by atoms with van der Waals surface area (Å²) in [4.78, 5) is 39.9. The molecule has 1 aliphatic rings. The first-order valence-corrected chi connectivity index (χ1v) is 9.89. The molecular weight excluding hydrogens is 368 g/mol. The number of carbonyl (C=O) groups excluding carboxylic acids is 2. The van der Waals surface area contributed by atoms with Crippen molar-refractivity contribution in [3.63, 3.8) is 0 Å². The molecular formula is C23H26N2O4. The van der Waals surface area contributed by atoms with Crippen molar-refractivity contribution >= 4 is 17.8 Å². The van der Waals surface area contributed by atoms with Gasteiger partial charge in [0.05, 0.1) is 5.92 Å². The maximum absolute atomic E-state index is 13.2. The van der Waals surface area contributed by atoms with Gasteiger partial charge in [-0.1, -0.05) is 60.7 Å². The fraction of sp³-hybridized carbons (Fsp3) is 0.348. The van der Waals surface area contributed by atoms with E-state index < -0.39 is 5.97 Å². The molecule has 1 fully saturated rings. The fourth-order valence-electron chi connectivity index (χ4n) is 3.64. The molecule has 29 heavy (non-hydrogen) atoms. The lowest BCUT2D eigenvalue weighted by Gasteiger charge is -2.26. The van der Waals surface area contributed by atoms with Crippen molar-refractivity contribution in [1.29, 1.82) is 0 Å². The quantitative estimate of drug-likeness (QED) is 0.709. The smallest absolute Gasteiger partial charge is 0.303 e. The lowest BCUT2D eigenvalue weighted by molar-refractivity contribution is -0.139. The molecule has 152 valence electrons. The van der Waals surface area contributed by atoms with Crippen molar-refractivity contribution in [2.24, 2.45) is 5.92 Å². The lowest BCUT2D eigenvalue weighted by atomic mass is 10.1. The van der Waals surface area contributed by atoms with Crippen LogP contribution < -0.4 is 0 Å². The molecule has 0 saturated carbocycles. The Bertz CT molecular complexity index is 838. The summed E-state index contributed by atoms with van der Waals surface area (Å²) >= 11 is 0. The minimum Gasteiger partial charge on any atom is -0.481 e. The van der Waals surface area contributed by atoms with Crippen molar-refractivity contribution in [3.05, 3.63) is 71.8 Å². The normalized spacial score (nSPS) is 16.1. The Hall–Kier alpha value is -3.15. The Morgan fingerprint density at radius 1 is 1.00 bits per heavy atom. The maximum Gasteiger partial charge on any atom is 0.303 e. The minimum atomic E-state index is -0.873. The van der Waals surface area contributed by atoms with Crippen LogP contribution in [-0.2, 0) is 27.5 Å². The van der Waals surface area contributed by atoms with Gasteiger partial charge in [-0.25, -0.2) is 0 Å². The van der Waals surface area contributed by atoms with Crippen molar-refractivity contribution in [2.45, 2.75) is 32.4 Å². The molecule has 0 aromatic heterocycles. The fourth-order valence-corrected chi connectivity index (χ4v) is 3.64. The first kappa shape index (κ1) is 20.6. The van der Waals surface area contributed by atoms with Crippen LogP contribution in [0.2, 0.25) is 0 Å². The number of carboxylic acid groups (broad SMARTS) is 1. The van der Waals surface area contributed by atoms with Crippen molar-refractivity contribution in [1.82, 2.24) is 9.80 Å². The van der Waals surface area contributed by atoms with Crippen LogP contribution >= 0.6 is 0 Å².